The highest BCUT2D eigenvalue weighted by molar-refractivity contribution is 5.93. The van der Waals surface area contributed by atoms with Gasteiger partial charge in [-0.3, -0.25) is 4.79 Å². The molecule has 0 atom stereocenters. The number of carbonyl (C=O) groups excluding carboxylic acids is 2. The molecule has 6 heteroatoms. The van der Waals surface area contributed by atoms with Gasteiger partial charge in [-0.1, -0.05) is 6.92 Å². The van der Waals surface area contributed by atoms with Gasteiger partial charge in [0.15, 0.2) is 0 Å². The van der Waals surface area contributed by atoms with Crippen LogP contribution in [0.2, 0.25) is 0 Å². The SMILES string of the molecule is CCC(=O)Nc1ccc(F)c(NC(=O)NC2CCC2)c1. The van der Waals surface area contributed by atoms with E-state index in [1.54, 1.807) is 6.92 Å². The first-order chi connectivity index (χ1) is 9.58. The van der Waals surface area contributed by atoms with E-state index in [4.69, 9.17) is 0 Å². The molecule has 5 nitrogen and oxygen atoms in total. The molecule has 0 saturated heterocycles. The minimum Gasteiger partial charge on any atom is -0.335 e. The third-order valence-electron chi connectivity index (χ3n) is 3.26. The van der Waals surface area contributed by atoms with Gasteiger partial charge in [0.2, 0.25) is 5.91 Å². The molecule has 0 spiro atoms. The Kier molecular flexibility index (Phi) is 4.55. The maximum absolute atomic E-state index is 13.6. The lowest BCUT2D eigenvalue weighted by Gasteiger charge is -2.26. The van der Waals surface area contributed by atoms with Gasteiger partial charge >= 0.3 is 6.03 Å². The third kappa shape index (κ3) is 3.69. The summed E-state index contributed by atoms with van der Waals surface area (Å²) >= 11 is 0. The van der Waals surface area contributed by atoms with Crippen LogP contribution in [0.5, 0.6) is 0 Å². The Morgan fingerprint density at radius 3 is 2.65 bits per heavy atom. The fourth-order valence-electron chi connectivity index (χ4n) is 1.84. The molecule has 0 aliphatic heterocycles. The molecule has 0 radical (unpaired) electrons. The van der Waals surface area contributed by atoms with Crippen LogP contribution in [0.15, 0.2) is 18.2 Å². The van der Waals surface area contributed by atoms with Gasteiger partial charge in [0.05, 0.1) is 5.69 Å². The average molecular weight is 279 g/mol. The van der Waals surface area contributed by atoms with Crippen molar-refractivity contribution >= 4 is 23.3 Å². The van der Waals surface area contributed by atoms with E-state index in [1.165, 1.54) is 18.2 Å². The number of hydrogen-bond acceptors (Lipinski definition) is 2. The van der Waals surface area contributed by atoms with Crippen molar-refractivity contribution in [1.82, 2.24) is 5.32 Å². The number of hydrogen-bond donors (Lipinski definition) is 3. The van der Waals surface area contributed by atoms with Gasteiger partial charge in [-0.15, -0.1) is 0 Å². The zero-order valence-electron chi connectivity index (χ0n) is 11.3. The minimum absolute atomic E-state index is 0.0516. The maximum Gasteiger partial charge on any atom is 0.319 e. The monoisotopic (exact) mass is 279 g/mol. The number of benzene rings is 1. The summed E-state index contributed by atoms with van der Waals surface area (Å²) in [5.41, 5.74) is 0.507. The van der Waals surface area contributed by atoms with Crippen LogP contribution in [0.25, 0.3) is 0 Å². The molecule has 1 saturated carbocycles. The fraction of sp³-hybridized carbons (Fsp3) is 0.429. The molecule has 0 heterocycles. The van der Waals surface area contributed by atoms with E-state index >= 15 is 0 Å². The Hall–Kier alpha value is -2.11. The van der Waals surface area contributed by atoms with Crippen LogP contribution in [0.1, 0.15) is 32.6 Å². The van der Waals surface area contributed by atoms with E-state index in [9.17, 15) is 14.0 Å². The number of amides is 3. The number of nitrogens with one attached hydrogen (secondary N) is 3. The topological polar surface area (TPSA) is 70.2 Å². The minimum atomic E-state index is -0.539. The third-order valence-corrected chi connectivity index (χ3v) is 3.26. The van der Waals surface area contributed by atoms with Crippen LogP contribution >= 0.6 is 0 Å². The van der Waals surface area contributed by atoms with Crippen LogP contribution in [0.3, 0.4) is 0 Å². The standard InChI is InChI=1S/C14H18FN3O2/c1-2-13(19)16-10-6-7-11(15)12(8-10)18-14(20)17-9-4-3-5-9/h6-9H,2-5H2,1H3,(H,16,19)(H2,17,18,20). The lowest BCUT2D eigenvalue weighted by Crippen LogP contribution is -2.42. The molecule has 1 aromatic carbocycles. The number of urea groups is 1. The molecular formula is C14H18FN3O2. The quantitative estimate of drug-likeness (QED) is 0.793. The highest BCUT2D eigenvalue weighted by Crippen LogP contribution is 2.21. The largest absolute Gasteiger partial charge is 0.335 e. The second-order valence-corrected chi connectivity index (χ2v) is 4.82. The zero-order valence-corrected chi connectivity index (χ0v) is 11.3. The highest BCUT2D eigenvalue weighted by atomic mass is 19.1. The fourth-order valence-corrected chi connectivity index (χ4v) is 1.84. The number of halogens is 1. The molecule has 1 aliphatic carbocycles. The number of rotatable bonds is 4. The van der Waals surface area contributed by atoms with Crippen molar-refractivity contribution < 1.29 is 14.0 Å². The van der Waals surface area contributed by atoms with Crippen LogP contribution in [-0.2, 0) is 4.79 Å². The normalized spacial score (nSPS) is 14.3. The van der Waals surface area contributed by atoms with E-state index < -0.39 is 11.8 Å². The Balaban J connectivity index is 1.99. The molecule has 3 amide bonds. The molecule has 108 valence electrons. The second-order valence-electron chi connectivity index (χ2n) is 4.82. The number of carbonyl (C=O) groups is 2. The van der Waals surface area contributed by atoms with Crippen molar-refractivity contribution in [3.8, 4) is 0 Å². The predicted molar refractivity (Wildman–Crippen MR) is 75.1 cm³/mol. The summed E-state index contributed by atoms with van der Waals surface area (Å²) in [4.78, 5) is 23.0. The van der Waals surface area contributed by atoms with E-state index in [0.29, 0.717) is 12.1 Å². The van der Waals surface area contributed by atoms with Gasteiger partial charge in [-0.2, -0.15) is 0 Å². The second kappa shape index (κ2) is 6.36. The molecule has 0 unspecified atom stereocenters. The zero-order chi connectivity index (χ0) is 14.5. The molecule has 20 heavy (non-hydrogen) atoms. The Bertz CT molecular complexity index is 515. The molecule has 3 N–H and O–H groups in total. The van der Waals surface area contributed by atoms with Crippen molar-refractivity contribution in [2.24, 2.45) is 0 Å². The van der Waals surface area contributed by atoms with Crippen LogP contribution in [-0.4, -0.2) is 18.0 Å². The summed E-state index contributed by atoms with van der Waals surface area (Å²) in [5.74, 6) is -0.704. The first kappa shape index (κ1) is 14.3. The summed E-state index contributed by atoms with van der Waals surface area (Å²) in [6, 6.07) is 3.83. The molecule has 1 fully saturated rings. The van der Waals surface area contributed by atoms with Crippen LogP contribution in [0, 0.1) is 5.82 Å². The molecule has 0 bridgehead atoms. The summed E-state index contributed by atoms with van der Waals surface area (Å²) in [7, 11) is 0. The molecule has 0 aromatic heterocycles. The van der Waals surface area contributed by atoms with Crippen LogP contribution in [0.4, 0.5) is 20.6 Å². The lowest BCUT2D eigenvalue weighted by molar-refractivity contribution is -0.115. The molecule has 2 rings (SSSR count). The molecule has 1 aliphatic rings. The first-order valence-corrected chi connectivity index (χ1v) is 6.75. The Morgan fingerprint density at radius 1 is 1.30 bits per heavy atom. The molecular weight excluding hydrogens is 261 g/mol. The summed E-state index contributed by atoms with van der Waals surface area (Å²) in [6.45, 7) is 1.73. The first-order valence-electron chi connectivity index (χ1n) is 6.75. The maximum atomic E-state index is 13.6. The van der Waals surface area contributed by atoms with Gasteiger partial charge in [-0.25, -0.2) is 9.18 Å². The van der Waals surface area contributed by atoms with E-state index in [-0.39, 0.29) is 17.6 Å². The van der Waals surface area contributed by atoms with E-state index in [1.807, 2.05) is 0 Å². The number of anilines is 2. The van der Waals surface area contributed by atoms with Gasteiger partial charge in [-0.05, 0) is 37.5 Å². The summed E-state index contributed by atoms with van der Waals surface area (Å²) in [5, 5.41) is 7.84. The van der Waals surface area contributed by atoms with E-state index in [2.05, 4.69) is 16.0 Å². The Labute approximate surface area is 116 Å². The highest BCUT2D eigenvalue weighted by Gasteiger charge is 2.19. The van der Waals surface area contributed by atoms with Gasteiger partial charge in [0.1, 0.15) is 5.82 Å². The van der Waals surface area contributed by atoms with Crippen molar-refractivity contribution in [2.75, 3.05) is 10.6 Å². The Morgan fingerprint density at radius 2 is 2.05 bits per heavy atom. The average Bonchev–Trinajstić information content (AvgIpc) is 2.38. The molecule has 1 aromatic rings. The van der Waals surface area contributed by atoms with Crippen molar-refractivity contribution in [1.29, 1.82) is 0 Å². The smallest absolute Gasteiger partial charge is 0.319 e. The summed E-state index contributed by atoms with van der Waals surface area (Å²) < 4.78 is 13.6. The van der Waals surface area contributed by atoms with Crippen LogP contribution < -0.4 is 16.0 Å². The lowest BCUT2D eigenvalue weighted by atomic mass is 9.93. The van der Waals surface area contributed by atoms with Crippen molar-refractivity contribution in [3.05, 3.63) is 24.0 Å². The predicted octanol–water partition coefficient (Wildman–Crippen LogP) is 2.85. The van der Waals surface area contributed by atoms with Crippen molar-refractivity contribution in [2.45, 2.75) is 38.6 Å². The van der Waals surface area contributed by atoms with E-state index in [0.717, 1.165) is 19.3 Å². The van der Waals surface area contributed by atoms with Gasteiger partial charge < -0.3 is 16.0 Å². The van der Waals surface area contributed by atoms with Gasteiger partial charge in [0, 0.05) is 18.2 Å². The summed E-state index contributed by atoms with van der Waals surface area (Å²) in [6.07, 6.45) is 3.37. The van der Waals surface area contributed by atoms with Crippen molar-refractivity contribution in [3.63, 3.8) is 0 Å². The van der Waals surface area contributed by atoms with Gasteiger partial charge in [0.25, 0.3) is 0 Å².